The lowest BCUT2D eigenvalue weighted by Crippen LogP contribution is -2.49. The third-order valence-corrected chi connectivity index (χ3v) is 6.47. The second-order valence-corrected chi connectivity index (χ2v) is 9.78. The fraction of sp³-hybridized carbons (Fsp3) is 0.381. The average molecular weight is 483 g/mol. The number of halogens is 1. The first-order valence-corrected chi connectivity index (χ1v) is 11.6. The van der Waals surface area contributed by atoms with E-state index in [4.69, 9.17) is 4.74 Å². The maximum atomic E-state index is 12.7. The first-order chi connectivity index (χ1) is 13.6. The molecule has 158 valence electrons. The van der Waals surface area contributed by atoms with E-state index >= 15 is 0 Å². The smallest absolute Gasteiger partial charge is 0.241 e. The van der Waals surface area contributed by atoms with Crippen molar-refractivity contribution >= 4 is 31.9 Å². The molecular weight excluding hydrogens is 456 g/mol. The zero-order chi connectivity index (χ0) is 21.6. The summed E-state index contributed by atoms with van der Waals surface area (Å²) >= 11 is 3.28. The second-order valence-electron chi connectivity index (χ2n) is 7.15. The van der Waals surface area contributed by atoms with Gasteiger partial charge in [-0.2, -0.15) is 4.72 Å². The van der Waals surface area contributed by atoms with Crippen LogP contribution in [0, 0.1) is 12.8 Å². The highest BCUT2D eigenvalue weighted by molar-refractivity contribution is 9.10. The number of carbonyl (C=O) groups is 1. The van der Waals surface area contributed by atoms with E-state index in [1.54, 1.807) is 33.1 Å². The molecule has 0 saturated carbocycles. The van der Waals surface area contributed by atoms with Crippen LogP contribution in [0.3, 0.4) is 0 Å². The number of hydrogen-bond acceptors (Lipinski definition) is 4. The first kappa shape index (κ1) is 23.4. The number of sulfonamides is 1. The van der Waals surface area contributed by atoms with Crippen LogP contribution in [0.2, 0.25) is 0 Å². The van der Waals surface area contributed by atoms with Crippen LogP contribution in [0.25, 0.3) is 0 Å². The molecule has 0 fully saturated rings. The van der Waals surface area contributed by atoms with Gasteiger partial charge in [-0.05, 0) is 55.2 Å². The first-order valence-electron chi connectivity index (χ1n) is 9.33. The normalized spacial score (nSPS) is 12.6. The zero-order valence-corrected chi connectivity index (χ0v) is 19.4. The van der Waals surface area contributed by atoms with Crippen molar-refractivity contribution in [1.82, 2.24) is 10.0 Å². The molecule has 2 rings (SSSR count). The Balaban J connectivity index is 2.04. The van der Waals surface area contributed by atoms with Crippen molar-refractivity contribution in [3.05, 3.63) is 58.1 Å². The van der Waals surface area contributed by atoms with Crippen LogP contribution in [0.4, 0.5) is 0 Å². The van der Waals surface area contributed by atoms with Gasteiger partial charge in [-0.3, -0.25) is 4.79 Å². The van der Waals surface area contributed by atoms with Crippen LogP contribution in [-0.4, -0.2) is 34.0 Å². The van der Waals surface area contributed by atoms with Gasteiger partial charge < -0.3 is 10.1 Å². The molecule has 1 atom stereocenters. The van der Waals surface area contributed by atoms with Gasteiger partial charge in [0.05, 0.1) is 12.0 Å². The predicted octanol–water partition coefficient (Wildman–Crippen LogP) is 3.43. The van der Waals surface area contributed by atoms with Crippen molar-refractivity contribution in [3.63, 3.8) is 0 Å². The molecule has 29 heavy (non-hydrogen) atoms. The molecule has 0 aliphatic rings. The van der Waals surface area contributed by atoms with Gasteiger partial charge in [-0.15, -0.1) is 0 Å². The monoisotopic (exact) mass is 482 g/mol. The number of benzene rings is 2. The van der Waals surface area contributed by atoms with E-state index in [1.807, 2.05) is 25.1 Å². The summed E-state index contributed by atoms with van der Waals surface area (Å²) < 4.78 is 34.0. The molecule has 0 aliphatic carbocycles. The Hall–Kier alpha value is -1.90. The summed E-state index contributed by atoms with van der Waals surface area (Å²) in [6.45, 7) is 5.98. The number of methoxy groups -OCH3 is 1. The van der Waals surface area contributed by atoms with Crippen LogP contribution in [-0.2, 0) is 21.2 Å². The Morgan fingerprint density at radius 1 is 1.14 bits per heavy atom. The summed E-state index contributed by atoms with van der Waals surface area (Å²) in [5.41, 5.74) is 2.10. The van der Waals surface area contributed by atoms with Gasteiger partial charge in [-0.25, -0.2) is 8.42 Å². The highest BCUT2D eigenvalue weighted by atomic mass is 79.9. The molecule has 0 unspecified atom stereocenters. The second kappa shape index (κ2) is 10.2. The molecule has 0 radical (unpaired) electrons. The van der Waals surface area contributed by atoms with Gasteiger partial charge in [0.2, 0.25) is 15.9 Å². The Bertz CT molecular complexity index is 944. The predicted molar refractivity (Wildman–Crippen MR) is 118 cm³/mol. The van der Waals surface area contributed by atoms with Crippen molar-refractivity contribution in [2.24, 2.45) is 5.92 Å². The van der Waals surface area contributed by atoms with Crippen LogP contribution >= 0.6 is 15.9 Å². The maximum absolute atomic E-state index is 12.7. The molecule has 0 aromatic heterocycles. The fourth-order valence-electron chi connectivity index (χ4n) is 2.87. The summed E-state index contributed by atoms with van der Waals surface area (Å²) in [6.07, 6.45) is 0.584. The lowest BCUT2D eigenvalue weighted by molar-refractivity contribution is -0.123. The number of amides is 1. The number of carbonyl (C=O) groups excluding carboxylic acids is 1. The molecule has 8 heteroatoms. The molecule has 2 aromatic carbocycles. The number of rotatable bonds is 9. The highest BCUT2D eigenvalue weighted by Crippen LogP contribution is 2.20. The number of aryl methyl sites for hydroxylation is 1. The van der Waals surface area contributed by atoms with E-state index in [-0.39, 0.29) is 16.7 Å². The van der Waals surface area contributed by atoms with Crippen LogP contribution in [0.5, 0.6) is 5.75 Å². The van der Waals surface area contributed by atoms with E-state index in [0.717, 1.165) is 21.3 Å². The van der Waals surface area contributed by atoms with E-state index in [0.29, 0.717) is 13.0 Å². The summed E-state index contributed by atoms with van der Waals surface area (Å²) in [5.74, 6) is 0.197. The van der Waals surface area contributed by atoms with Gasteiger partial charge in [0.15, 0.2) is 0 Å². The van der Waals surface area contributed by atoms with Gasteiger partial charge in [0.25, 0.3) is 0 Å². The van der Waals surface area contributed by atoms with E-state index in [2.05, 4.69) is 26.0 Å². The number of ether oxygens (including phenoxy) is 1. The van der Waals surface area contributed by atoms with Crippen LogP contribution in [0.15, 0.2) is 51.8 Å². The average Bonchev–Trinajstić information content (AvgIpc) is 2.66. The molecule has 0 saturated heterocycles. The maximum Gasteiger partial charge on any atom is 0.241 e. The molecule has 2 aromatic rings. The Kier molecular flexibility index (Phi) is 8.24. The zero-order valence-electron chi connectivity index (χ0n) is 17.0. The standard InChI is InChI=1S/C21H27BrN2O4S/c1-14(2)20(24-29(26,27)18-8-6-17(22)7-9-18)21(25)23-12-11-16-13-15(3)5-10-19(16)28-4/h5-10,13-14,20,24H,11-12H2,1-4H3,(H,23,25)/t20-/m0/s1. The van der Waals surface area contributed by atoms with Crippen LogP contribution < -0.4 is 14.8 Å². The topological polar surface area (TPSA) is 84.5 Å². The quantitative estimate of drug-likeness (QED) is 0.573. The van der Waals surface area contributed by atoms with E-state index < -0.39 is 16.1 Å². The van der Waals surface area contributed by atoms with Gasteiger partial charge in [-0.1, -0.05) is 47.5 Å². The van der Waals surface area contributed by atoms with Crippen molar-refractivity contribution in [2.45, 2.75) is 38.1 Å². The SMILES string of the molecule is COc1ccc(C)cc1CCNC(=O)[C@@H](NS(=O)(=O)c1ccc(Br)cc1)C(C)C. The highest BCUT2D eigenvalue weighted by Gasteiger charge is 2.28. The minimum absolute atomic E-state index is 0.114. The van der Waals surface area contributed by atoms with Crippen molar-refractivity contribution in [1.29, 1.82) is 0 Å². The molecule has 6 nitrogen and oxygen atoms in total. The summed E-state index contributed by atoms with van der Waals surface area (Å²) in [7, 11) is -2.20. The van der Waals surface area contributed by atoms with Crippen molar-refractivity contribution in [2.75, 3.05) is 13.7 Å². The molecule has 1 amide bonds. The Morgan fingerprint density at radius 2 is 1.79 bits per heavy atom. The summed E-state index contributed by atoms with van der Waals surface area (Å²) in [6, 6.07) is 11.3. The van der Waals surface area contributed by atoms with Crippen molar-refractivity contribution in [3.8, 4) is 5.75 Å². The van der Waals surface area contributed by atoms with E-state index in [1.165, 1.54) is 12.1 Å². The molecule has 0 heterocycles. The summed E-state index contributed by atoms with van der Waals surface area (Å²) in [4.78, 5) is 12.8. The minimum atomic E-state index is -3.81. The van der Waals surface area contributed by atoms with Gasteiger partial charge in [0, 0.05) is 11.0 Å². The molecule has 0 bridgehead atoms. The Labute approximate surface area is 181 Å². The lowest BCUT2D eigenvalue weighted by atomic mass is 10.0. The van der Waals surface area contributed by atoms with E-state index in [9.17, 15) is 13.2 Å². The van der Waals surface area contributed by atoms with Gasteiger partial charge in [0.1, 0.15) is 11.8 Å². The third kappa shape index (κ3) is 6.55. The third-order valence-electron chi connectivity index (χ3n) is 4.48. The molecule has 0 aliphatic heterocycles. The summed E-state index contributed by atoms with van der Waals surface area (Å²) in [5, 5.41) is 2.84. The fourth-order valence-corrected chi connectivity index (χ4v) is 4.48. The van der Waals surface area contributed by atoms with Gasteiger partial charge >= 0.3 is 0 Å². The largest absolute Gasteiger partial charge is 0.496 e. The number of hydrogen-bond donors (Lipinski definition) is 2. The van der Waals surface area contributed by atoms with Crippen molar-refractivity contribution < 1.29 is 17.9 Å². The minimum Gasteiger partial charge on any atom is -0.496 e. The lowest BCUT2D eigenvalue weighted by Gasteiger charge is -2.22. The molecular formula is C21H27BrN2O4S. The van der Waals surface area contributed by atoms with Crippen LogP contribution in [0.1, 0.15) is 25.0 Å². The molecule has 2 N–H and O–H groups in total. The number of nitrogens with one attached hydrogen (secondary N) is 2. The Morgan fingerprint density at radius 3 is 2.38 bits per heavy atom. The molecule has 0 spiro atoms.